The highest BCUT2D eigenvalue weighted by Gasteiger charge is 2.09. The number of hydrogen-bond donors (Lipinski definition) is 4. The van der Waals surface area contributed by atoms with Gasteiger partial charge in [-0.15, -0.1) is 0 Å². The Morgan fingerprint density at radius 2 is 0.604 bits per heavy atom. The zero-order valence-electron chi connectivity index (χ0n) is 26.1. The number of nitro benzene ring substituents is 4. The highest BCUT2D eigenvalue weighted by molar-refractivity contribution is 6.24. The zero-order chi connectivity index (χ0) is 39.5. The van der Waals surface area contributed by atoms with Crippen molar-refractivity contribution < 1.29 is 39.5 Å². The van der Waals surface area contributed by atoms with Gasteiger partial charge < -0.3 is 19.8 Å². The number of nitrogens with one attached hydrogen (secondary N) is 4. The molecule has 4 rings (SSSR count). The third kappa shape index (κ3) is 21.0. The van der Waals surface area contributed by atoms with Gasteiger partial charge in [0.2, 0.25) is 0 Å². The molecule has 0 amide bonds. The number of anilines is 4. The number of benzene rings is 4. The molecule has 4 N–H and O–H groups in total. The summed E-state index contributed by atoms with van der Waals surface area (Å²) in [5, 5.41) is 109. The molecule has 0 unspecified atom stereocenters. The lowest BCUT2D eigenvalue weighted by atomic mass is 10.3. The summed E-state index contributed by atoms with van der Waals surface area (Å²) < 4.78 is 0. The molecule has 4 aromatic rings. The van der Waals surface area contributed by atoms with E-state index in [9.17, 15) is 40.5 Å². The van der Waals surface area contributed by atoms with Crippen molar-refractivity contribution in [3.63, 3.8) is 0 Å². The molecule has 0 saturated carbocycles. The predicted octanol–water partition coefficient (Wildman–Crippen LogP) is 0.155. The average molecular weight is 738 g/mol. The molecule has 0 aliphatic carbocycles. The van der Waals surface area contributed by atoms with Gasteiger partial charge in [0.05, 0.1) is 19.7 Å². The molecule has 0 fully saturated rings. The summed E-state index contributed by atoms with van der Waals surface area (Å²) in [6, 6.07) is 22.6. The molecule has 0 bridgehead atoms. The van der Waals surface area contributed by atoms with Crippen molar-refractivity contribution in [2.45, 2.75) is 0 Å². The molecule has 0 radical (unpaired) electrons. The maximum absolute atomic E-state index is 10.2. The van der Waals surface area contributed by atoms with E-state index in [2.05, 4.69) is 42.0 Å². The fourth-order valence-electron chi connectivity index (χ4n) is 2.99. The topological polar surface area (TPSA) is 402 Å². The molecule has 27 nitrogen and oxygen atoms in total. The first kappa shape index (κ1) is 46.4. The second-order valence-electron chi connectivity index (χ2n) is 8.37. The van der Waals surface area contributed by atoms with Crippen LogP contribution in [0.4, 0.5) is 45.5 Å². The van der Waals surface area contributed by atoms with E-state index in [1.54, 1.807) is 24.3 Å². The van der Waals surface area contributed by atoms with Crippen LogP contribution in [-0.4, -0.2) is 27.0 Å². The zero-order valence-corrected chi connectivity index (χ0v) is 26.1. The Hall–Kier alpha value is -8.77. The van der Waals surface area contributed by atoms with Gasteiger partial charge in [-0.05, 0) is 46.0 Å². The van der Waals surface area contributed by atoms with Crippen LogP contribution in [-0.2, 0) is 0 Å². The fourth-order valence-corrected chi connectivity index (χ4v) is 2.99. The van der Waals surface area contributed by atoms with Crippen molar-refractivity contribution in [1.82, 2.24) is 0 Å². The summed E-state index contributed by atoms with van der Waals surface area (Å²) in [5.41, 5.74) is 9.98. The Bertz CT molecular complexity index is 1720. The number of halogens is 1. The van der Waals surface area contributed by atoms with Crippen molar-refractivity contribution in [3.05, 3.63) is 158 Å². The van der Waals surface area contributed by atoms with E-state index in [4.69, 9.17) is 36.6 Å². The van der Waals surface area contributed by atoms with E-state index in [0.29, 0.717) is 22.7 Å². The molecule has 0 aliphatic rings. The van der Waals surface area contributed by atoms with Gasteiger partial charge in [-0.25, -0.2) is 0 Å². The molecule has 4 aromatic carbocycles. The third-order valence-electron chi connectivity index (χ3n) is 4.94. The van der Waals surface area contributed by atoms with Gasteiger partial charge in [0.25, 0.3) is 44.3 Å². The van der Waals surface area contributed by atoms with Crippen LogP contribution in [0.1, 0.15) is 0 Å². The summed E-state index contributed by atoms with van der Waals surface area (Å²) in [7, 11) is -2.92. The first-order chi connectivity index (χ1) is 24.7. The summed E-state index contributed by atoms with van der Waals surface area (Å²) in [6.07, 6.45) is 0. The molecule has 272 valence electrons. The van der Waals surface area contributed by atoms with E-state index >= 15 is 0 Å². The number of nitro groups is 4. The molecule has 0 aliphatic heterocycles. The normalized spacial score (nSPS) is 8.28. The van der Waals surface area contributed by atoms with Crippen LogP contribution >= 0.6 is 0 Å². The van der Waals surface area contributed by atoms with Gasteiger partial charge in [-0.3, -0.25) is 47.8 Å². The Morgan fingerprint density at radius 1 is 0.434 bits per heavy atom. The molecule has 0 atom stereocenters. The van der Waals surface area contributed by atoms with Crippen molar-refractivity contribution in [2.24, 2.45) is 0 Å². The lowest BCUT2D eigenvalue weighted by Crippen LogP contribution is -3.00. The smallest absolute Gasteiger partial charge is 0.308 e. The van der Waals surface area contributed by atoms with Gasteiger partial charge >= 0.3 is 20.3 Å². The second-order valence-corrected chi connectivity index (χ2v) is 8.37. The lowest BCUT2D eigenvalue weighted by Gasteiger charge is -2.35. The molecule has 53 heavy (non-hydrogen) atoms. The third-order valence-corrected chi connectivity index (χ3v) is 4.94. The van der Waals surface area contributed by atoms with Crippen LogP contribution in [0.15, 0.2) is 97.1 Å². The summed E-state index contributed by atoms with van der Waals surface area (Å²) in [4.78, 5) is 38.9. The highest BCUT2D eigenvalue weighted by atomic mass is 19.0. The van der Waals surface area contributed by atoms with Crippen LogP contribution in [0.2, 0.25) is 0 Å². The SMILES string of the molecule is N#[N+]Nc1cccc([N+](=O)[O-])c1.N#[N+]Nc1cccc([N+](=O)[O-])c1.N#[N+]Nc1cccc([N+](=O)[O-])c1.N#[N+]Nc1cccc([N+](=O)[O-])c1.[F-].[O-]B([O-])[O-]. The molecule has 0 saturated heterocycles. The van der Waals surface area contributed by atoms with Crippen LogP contribution < -0.4 is 41.5 Å². The van der Waals surface area contributed by atoms with Gasteiger partial charge in [0.15, 0.2) is 0 Å². The van der Waals surface area contributed by atoms with Gasteiger partial charge in [-0.1, -0.05) is 24.3 Å². The summed E-state index contributed by atoms with van der Waals surface area (Å²) in [6.45, 7) is 0. The number of rotatable bonds is 8. The first-order valence-corrected chi connectivity index (χ1v) is 13.0. The molecule has 0 aromatic heterocycles. The van der Waals surface area contributed by atoms with Gasteiger partial charge in [-0.2, -0.15) is 0 Å². The van der Waals surface area contributed by atoms with Crippen molar-refractivity contribution in [3.8, 4) is 0 Å². The number of non-ortho nitro benzene ring substituents is 4. The number of diazo groups is 4. The lowest BCUT2D eigenvalue weighted by molar-refractivity contribution is -0.479. The van der Waals surface area contributed by atoms with Crippen LogP contribution in [0.25, 0.3) is 20.3 Å². The molecule has 0 spiro atoms. The highest BCUT2D eigenvalue weighted by Crippen LogP contribution is 2.19. The Labute approximate surface area is 293 Å². The fraction of sp³-hybridized carbons (Fsp3) is 0. The van der Waals surface area contributed by atoms with Crippen molar-refractivity contribution in [1.29, 1.82) is 21.6 Å². The monoisotopic (exact) mass is 738 g/mol. The van der Waals surface area contributed by atoms with E-state index < -0.39 is 27.0 Å². The minimum Gasteiger partial charge on any atom is -1.00 e. The minimum atomic E-state index is -2.92. The summed E-state index contributed by atoms with van der Waals surface area (Å²) in [5.74, 6) is 0. The first-order valence-electron chi connectivity index (χ1n) is 13.0. The van der Waals surface area contributed by atoms with Crippen LogP contribution in [0, 0.1) is 62.0 Å². The van der Waals surface area contributed by atoms with Crippen LogP contribution in [0.5, 0.6) is 0 Å². The standard InChI is InChI=1S/4C6H5N4O2.BO3.FH/c4*7-9-8-5-2-1-3-6(4-5)10(11)12;2-1(3)4;/h4*1-4,8H;;1H/q4*+1;-3;/p-1. The van der Waals surface area contributed by atoms with E-state index in [1.165, 1.54) is 72.8 Å². The Balaban J connectivity index is 0. The number of nitrogens with zero attached hydrogens (tertiary/aromatic N) is 12. The molecular formula is C24H20BFN16O11. The number of hydrogen-bond acceptors (Lipinski definition) is 19. The van der Waals surface area contributed by atoms with Gasteiger partial charge in [0, 0.05) is 48.5 Å². The van der Waals surface area contributed by atoms with E-state index in [1.807, 2.05) is 0 Å². The average Bonchev–Trinajstić information content (AvgIpc) is 3.10. The second kappa shape index (κ2) is 26.2. The maximum Gasteiger partial charge on any atom is 0.308 e. The largest absolute Gasteiger partial charge is 1.00 e. The van der Waals surface area contributed by atoms with Crippen LogP contribution in [0.3, 0.4) is 0 Å². The summed E-state index contributed by atoms with van der Waals surface area (Å²) >= 11 is 0. The minimum absolute atomic E-state index is 0. The van der Waals surface area contributed by atoms with Crippen molar-refractivity contribution >= 4 is 52.8 Å². The molecular weight excluding hydrogens is 718 g/mol. The van der Waals surface area contributed by atoms with Gasteiger partial charge in [0.1, 0.15) is 22.7 Å². The molecule has 0 heterocycles. The Kier molecular flexibility index (Phi) is 22.9. The molecule has 29 heteroatoms. The van der Waals surface area contributed by atoms with E-state index in [0.717, 1.165) is 0 Å². The Morgan fingerprint density at radius 3 is 0.736 bits per heavy atom. The predicted molar refractivity (Wildman–Crippen MR) is 173 cm³/mol. The van der Waals surface area contributed by atoms with Crippen molar-refractivity contribution in [2.75, 3.05) is 21.7 Å². The maximum atomic E-state index is 10.2. The van der Waals surface area contributed by atoms with E-state index in [-0.39, 0.29) is 27.5 Å². The quantitative estimate of drug-likeness (QED) is 0.0808.